The van der Waals surface area contributed by atoms with E-state index < -0.39 is 12.0 Å². The van der Waals surface area contributed by atoms with E-state index in [0.717, 1.165) is 37.8 Å². The van der Waals surface area contributed by atoms with Crippen LogP contribution in [0.1, 0.15) is 54.9 Å². The number of aliphatic carboxylic acids is 1. The van der Waals surface area contributed by atoms with Gasteiger partial charge in [0.1, 0.15) is 6.04 Å². The van der Waals surface area contributed by atoms with Gasteiger partial charge in [0.2, 0.25) is 0 Å². The standard InChI is InChI=1S/C18H25NO4/c1-2-3-12-23-18(22)15-9-7-14(8-10-15)13-19-11-5-4-6-16(19)17(20)21/h7-10,16H,2-6,11-13H2,1H3,(H,20,21). The second-order valence-corrected chi connectivity index (χ2v) is 6.01. The molecule has 0 bridgehead atoms. The predicted octanol–water partition coefficient (Wildman–Crippen LogP) is 3.08. The molecule has 1 aromatic rings. The molecule has 0 spiro atoms. The van der Waals surface area contributed by atoms with Gasteiger partial charge in [-0.05, 0) is 43.5 Å². The fourth-order valence-corrected chi connectivity index (χ4v) is 2.83. The number of unbranched alkanes of at least 4 members (excludes halogenated alkanes) is 1. The lowest BCUT2D eigenvalue weighted by Gasteiger charge is -2.32. The third-order valence-corrected chi connectivity index (χ3v) is 4.21. The van der Waals surface area contributed by atoms with Gasteiger partial charge in [0, 0.05) is 6.54 Å². The molecule has 0 aromatic heterocycles. The van der Waals surface area contributed by atoms with Crippen molar-refractivity contribution in [1.29, 1.82) is 0 Å². The Labute approximate surface area is 137 Å². The maximum Gasteiger partial charge on any atom is 0.338 e. The lowest BCUT2D eigenvalue weighted by molar-refractivity contribution is -0.144. The Balaban J connectivity index is 1.93. The molecular formula is C18H25NO4. The molecule has 2 rings (SSSR count). The fourth-order valence-electron chi connectivity index (χ4n) is 2.83. The monoisotopic (exact) mass is 319 g/mol. The van der Waals surface area contributed by atoms with Gasteiger partial charge in [-0.15, -0.1) is 0 Å². The number of esters is 1. The minimum Gasteiger partial charge on any atom is -0.480 e. The van der Waals surface area contributed by atoms with Crippen LogP contribution in [0.3, 0.4) is 0 Å². The number of likely N-dealkylation sites (tertiary alicyclic amines) is 1. The van der Waals surface area contributed by atoms with Gasteiger partial charge in [-0.25, -0.2) is 4.79 Å². The predicted molar refractivity (Wildman–Crippen MR) is 87.3 cm³/mol. The quantitative estimate of drug-likeness (QED) is 0.618. The fraction of sp³-hybridized carbons (Fsp3) is 0.556. The van der Waals surface area contributed by atoms with E-state index in [2.05, 4.69) is 0 Å². The van der Waals surface area contributed by atoms with Crippen molar-refractivity contribution in [3.8, 4) is 0 Å². The first-order chi connectivity index (χ1) is 11.1. The molecule has 0 amide bonds. The van der Waals surface area contributed by atoms with Crippen LogP contribution in [-0.4, -0.2) is 41.1 Å². The molecule has 1 N–H and O–H groups in total. The van der Waals surface area contributed by atoms with E-state index in [4.69, 9.17) is 4.74 Å². The van der Waals surface area contributed by atoms with Crippen LogP contribution in [0.2, 0.25) is 0 Å². The Bertz CT molecular complexity index is 526. The molecule has 1 aliphatic heterocycles. The average molecular weight is 319 g/mol. The van der Waals surface area contributed by atoms with Crippen LogP contribution < -0.4 is 0 Å². The van der Waals surface area contributed by atoms with Gasteiger partial charge in [-0.3, -0.25) is 9.69 Å². The molecule has 0 radical (unpaired) electrons. The number of ether oxygens (including phenoxy) is 1. The Morgan fingerprint density at radius 3 is 2.65 bits per heavy atom. The molecule has 0 aliphatic carbocycles. The first kappa shape index (κ1) is 17.5. The zero-order valence-corrected chi connectivity index (χ0v) is 13.7. The number of hydrogen-bond acceptors (Lipinski definition) is 4. The van der Waals surface area contributed by atoms with Crippen LogP contribution in [0.4, 0.5) is 0 Å². The average Bonchev–Trinajstić information content (AvgIpc) is 2.56. The van der Waals surface area contributed by atoms with Crippen LogP contribution >= 0.6 is 0 Å². The largest absolute Gasteiger partial charge is 0.480 e. The summed E-state index contributed by atoms with van der Waals surface area (Å²) in [4.78, 5) is 25.2. The normalized spacial score (nSPS) is 18.6. The Kier molecular flexibility index (Phi) is 6.59. The van der Waals surface area contributed by atoms with Crippen LogP contribution in [0.5, 0.6) is 0 Å². The molecule has 1 aliphatic rings. The number of carbonyl (C=O) groups is 2. The Hall–Kier alpha value is -1.88. The van der Waals surface area contributed by atoms with Gasteiger partial charge in [0.25, 0.3) is 0 Å². The van der Waals surface area contributed by atoms with E-state index in [-0.39, 0.29) is 5.97 Å². The minimum atomic E-state index is -0.749. The number of carbonyl (C=O) groups excluding carboxylic acids is 1. The maximum absolute atomic E-state index is 11.9. The van der Waals surface area contributed by atoms with Crippen molar-refractivity contribution in [1.82, 2.24) is 4.90 Å². The number of hydrogen-bond donors (Lipinski definition) is 1. The molecule has 5 heteroatoms. The van der Waals surface area contributed by atoms with E-state index in [9.17, 15) is 14.7 Å². The topological polar surface area (TPSA) is 66.8 Å². The van der Waals surface area contributed by atoms with E-state index >= 15 is 0 Å². The molecule has 0 saturated carbocycles. The summed E-state index contributed by atoms with van der Waals surface area (Å²) in [5.74, 6) is -1.05. The molecule has 1 unspecified atom stereocenters. The zero-order valence-electron chi connectivity index (χ0n) is 13.7. The number of carboxylic acid groups (broad SMARTS) is 1. The molecule has 23 heavy (non-hydrogen) atoms. The van der Waals surface area contributed by atoms with Crippen LogP contribution in [0.25, 0.3) is 0 Å². The van der Waals surface area contributed by atoms with Gasteiger partial charge in [-0.1, -0.05) is 31.9 Å². The molecule has 1 heterocycles. The first-order valence-corrected chi connectivity index (χ1v) is 8.34. The summed E-state index contributed by atoms with van der Waals surface area (Å²) in [6.45, 7) is 3.90. The first-order valence-electron chi connectivity index (χ1n) is 8.34. The van der Waals surface area contributed by atoms with Gasteiger partial charge in [0.05, 0.1) is 12.2 Å². The zero-order chi connectivity index (χ0) is 16.7. The van der Waals surface area contributed by atoms with E-state index in [0.29, 0.717) is 25.1 Å². The highest BCUT2D eigenvalue weighted by Gasteiger charge is 2.28. The van der Waals surface area contributed by atoms with Crippen molar-refractivity contribution < 1.29 is 19.4 Å². The van der Waals surface area contributed by atoms with Crippen LogP contribution in [-0.2, 0) is 16.1 Å². The molecule has 1 aromatic carbocycles. The van der Waals surface area contributed by atoms with Crippen LogP contribution in [0, 0.1) is 0 Å². The minimum absolute atomic E-state index is 0.300. The van der Waals surface area contributed by atoms with Gasteiger partial charge < -0.3 is 9.84 Å². The molecular weight excluding hydrogens is 294 g/mol. The molecule has 1 atom stereocenters. The van der Waals surface area contributed by atoms with Gasteiger partial charge >= 0.3 is 11.9 Å². The van der Waals surface area contributed by atoms with Gasteiger partial charge in [-0.2, -0.15) is 0 Å². The summed E-state index contributed by atoms with van der Waals surface area (Å²) in [5.41, 5.74) is 1.56. The third-order valence-electron chi connectivity index (χ3n) is 4.21. The summed E-state index contributed by atoms with van der Waals surface area (Å²) in [6, 6.07) is 6.86. The van der Waals surface area contributed by atoms with E-state index in [1.54, 1.807) is 12.1 Å². The summed E-state index contributed by atoms with van der Waals surface area (Å²) in [5, 5.41) is 9.30. The number of nitrogens with zero attached hydrogens (tertiary/aromatic N) is 1. The van der Waals surface area contributed by atoms with Crippen molar-refractivity contribution in [2.24, 2.45) is 0 Å². The second-order valence-electron chi connectivity index (χ2n) is 6.01. The molecule has 1 fully saturated rings. The number of carboxylic acids is 1. The van der Waals surface area contributed by atoms with Gasteiger partial charge in [0.15, 0.2) is 0 Å². The summed E-state index contributed by atoms with van der Waals surface area (Å²) in [7, 11) is 0. The lowest BCUT2D eigenvalue weighted by atomic mass is 10.0. The summed E-state index contributed by atoms with van der Waals surface area (Å²) >= 11 is 0. The van der Waals surface area contributed by atoms with E-state index in [1.807, 2.05) is 24.0 Å². The number of benzene rings is 1. The maximum atomic E-state index is 11.9. The smallest absolute Gasteiger partial charge is 0.338 e. The van der Waals surface area contributed by atoms with E-state index in [1.165, 1.54) is 0 Å². The Morgan fingerprint density at radius 2 is 2.00 bits per heavy atom. The van der Waals surface area contributed by atoms with Crippen molar-refractivity contribution in [2.45, 2.75) is 51.6 Å². The highest BCUT2D eigenvalue weighted by atomic mass is 16.5. The molecule has 1 saturated heterocycles. The highest BCUT2D eigenvalue weighted by Crippen LogP contribution is 2.20. The number of rotatable bonds is 7. The van der Waals surface area contributed by atoms with Crippen molar-refractivity contribution >= 4 is 11.9 Å². The lowest BCUT2D eigenvalue weighted by Crippen LogP contribution is -2.43. The molecule has 5 nitrogen and oxygen atoms in total. The van der Waals surface area contributed by atoms with Crippen molar-refractivity contribution in [3.05, 3.63) is 35.4 Å². The highest BCUT2D eigenvalue weighted by molar-refractivity contribution is 5.89. The second kappa shape index (κ2) is 8.67. The summed E-state index contributed by atoms with van der Waals surface area (Å²) < 4.78 is 5.18. The SMILES string of the molecule is CCCCOC(=O)c1ccc(CN2CCCCC2C(=O)O)cc1. The van der Waals surface area contributed by atoms with Crippen molar-refractivity contribution in [3.63, 3.8) is 0 Å². The molecule has 126 valence electrons. The number of piperidine rings is 1. The van der Waals surface area contributed by atoms with Crippen molar-refractivity contribution in [2.75, 3.05) is 13.2 Å². The van der Waals surface area contributed by atoms with Crippen LogP contribution in [0.15, 0.2) is 24.3 Å². The Morgan fingerprint density at radius 1 is 1.26 bits per heavy atom. The summed E-state index contributed by atoms with van der Waals surface area (Å²) in [6.07, 6.45) is 4.57. The third kappa shape index (κ3) is 5.06.